The zero-order valence-electron chi connectivity index (χ0n) is 16.8. The molecule has 2 fully saturated rings. The van der Waals surface area contributed by atoms with Crippen molar-refractivity contribution in [3.8, 4) is 0 Å². The molecule has 0 aromatic rings. The summed E-state index contributed by atoms with van der Waals surface area (Å²) in [6.07, 6.45) is 4.50. The molecule has 0 bridgehead atoms. The maximum absolute atomic E-state index is 12.5. The predicted octanol–water partition coefficient (Wildman–Crippen LogP) is 2.51. The van der Waals surface area contributed by atoms with Crippen LogP contribution in [0.1, 0.15) is 66.2 Å². The maximum Gasteiger partial charge on any atom is 0.343 e. The number of cyclic esters (lactones) is 1. The molecule has 1 aliphatic heterocycles. The largest absolute Gasteiger partial charge is 0.459 e. The van der Waals surface area contributed by atoms with Gasteiger partial charge in [0.25, 0.3) is 0 Å². The van der Waals surface area contributed by atoms with Crippen LogP contribution in [-0.2, 0) is 19.1 Å². The van der Waals surface area contributed by atoms with Crippen molar-refractivity contribution >= 4 is 11.9 Å². The van der Waals surface area contributed by atoms with E-state index >= 15 is 0 Å². The third-order valence-electron chi connectivity index (χ3n) is 7.09. The Kier molecular flexibility index (Phi) is 5.19. The van der Waals surface area contributed by atoms with Crippen LogP contribution < -0.4 is 0 Å². The van der Waals surface area contributed by atoms with Crippen molar-refractivity contribution in [2.45, 2.75) is 84.0 Å². The van der Waals surface area contributed by atoms with Crippen LogP contribution in [0.4, 0.5) is 0 Å². The summed E-state index contributed by atoms with van der Waals surface area (Å²) in [6.45, 7) is 7.87. The van der Waals surface area contributed by atoms with E-state index in [2.05, 4.69) is 6.92 Å². The summed E-state index contributed by atoms with van der Waals surface area (Å²) in [5, 5.41) is 22.3. The molecule has 27 heavy (non-hydrogen) atoms. The molecular weight excluding hydrogens is 348 g/mol. The molecule has 152 valence electrons. The number of hydrogen-bond donors (Lipinski definition) is 2. The van der Waals surface area contributed by atoms with Gasteiger partial charge in [0.15, 0.2) is 5.60 Å². The van der Waals surface area contributed by atoms with E-state index in [1.165, 1.54) is 0 Å². The van der Waals surface area contributed by atoms with Crippen molar-refractivity contribution in [1.29, 1.82) is 0 Å². The average Bonchev–Trinajstić information content (AvgIpc) is 2.88. The summed E-state index contributed by atoms with van der Waals surface area (Å²) in [4.78, 5) is 24.9. The summed E-state index contributed by atoms with van der Waals surface area (Å²) in [6, 6.07) is 0. The molecule has 0 unspecified atom stereocenters. The molecule has 6 nitrogen and oxygen atoms in total. The Morgan fingerprint density at radius 1 is 1.33 bits per heavy atom. The van der Waals surface area contributed by atoms with Crippen LogP contribution in [-0.4, -0.2) is 46.6 Å². The number of ether oxygens (including phenoxy) is 2. The lowest BCUT2D eigenvalue weighted by molar-refractivity contribution is -0.225. The van der Waals surface area contributed by atoms with Gasteiger partial charge in [0.05, 0.1) is 6.10 Å². The fourth-order valence-electron chi connectivity index (χ4n) is 5.58. The fourth-order valence-corrected chi connectivity index (χ4v) is 5.58. The zero-order chi connectivity index (χ0) is 20.0. The van der Waals surface area contributed by atoms with Gasteiger partial charge in [-0.1, -0.05) is 40.5 Å². The highest BCUT2D eigenvalue weighted by Gasteiger charge is 2.72. The van der Waals surface area contributed by atoms with Gasteiger partial charge in [-0.25, -0.2) is 4.79 Å². The van der Waals surface area contributed by atoms with Crippen molar-refractivity contribution in [3.05, 3.63) is 11.6 Å². The molecule has 1 saturated carbocycles. The van der Waals surface area contributed by atoms with Gasteiger partial charge in [0.2, 0.25) is 0 Å². The number of esters is 2. The van der Waals surface area contributed by atoms with Crippen molar-refractivity contribution < 1.29 is 29.3 Å². The molecule has 3 aliphatic rings. The van der Waals surface area contributed by atoms with Crippen LogP contribution in [0.2, 0.25) is 0 Å². The number of aliphatic hydroxyl groups excluding tert-OH is 1. The molecule has 0 radical (unpaired) electrons. The van der Waals surface area contributed by atoms with E-state index in [4.69, 9.17) is 9.47 Å². The Labute approximate surface area is 160 Å². The van der Waals surface area contributed by atoms with Gasteiger partial charge in [-0.2, -0.15) is 0 Å². The van der Waals surface area contributed by atoms with Gasteiger partial charge in [-0.3, -0.25) is 4.79 Å². The number of hydrogen-bond acceptors (Lipinski definition) is 6. The standard InChI is InChI=1S/C21H32O6/c1-5-6-7-8-16(23)27-14-11-13-12-26-18(24)21(13,25)20(4)15(22)9-10-19(2,3)17(14)20/h11,14-15,17,22,25H,5-10,12H2,1-4H3/t14-,15-,17+,20+,21+/m1/s1. The van der Waals surface area contributed by atoms with Gasteiger partial charge in [-0.15, -0.1) is 0 Å². The first-order valence-electron chi connectivity index (χ1n) is 10.1. The number of carbonyl (C=O) groups is 2. The van der Waals surface area contributed by atoms with Gasteiger partial charge in [-0.05, 0) is 30.8 Å². The molecule has 5 atom stereocenters. The zero-order valence-corrected chi connectivity index (χ0v) is 16.8. The molecule has 0 amide bonds. The molecule has 3 rings (SSSR count). The number of carbonyl (C=O) groups excluding carboxylic acids is 2. The Morgan fingerprint density at radius 2 is 2.04 bits per heavy atom. The summed E-state index contributed by atoms with van der Waals surface area (Å²) >= 11 is 0. The van der Waals surface area contributed by atoms with Crippen LogP contribution in [0.5, 0.6) is 0 Å². The topological polar surface area (TPSA) is 93.1 Å². The highest BCUT2D eigenvalue weighted by atomic mass is 16.6. The van der Waals surface area contributed by atoms with Crippen molar-refractivity contribution in [2.75, 3.05) is 6.61 Å². The number of rotatable bonds is 5. The second-order valence-electron chi connectivity index (χ2n) is 9.19. The van der Waals surface area contributed by atoms with Gasteiger partial charge < -0.3 is 19.7 Å². The fraction of sp³-hybridized carbons (Fsp3) is 0.810. The van der Waals surface area contributed by atoms with Crippen LogP contribution in [0.3, 0.4) is 0 Å². The minimum Gasteiger partial charge on any atom is -0.459 e. The number of unbranched alkanes of at least 4 members (excludes halogenated alkanes) is 2. The van der Waals surface area contributed by atoms with Gasteiger partial charge in [0.1, 0.15) is 12.7 Å². The molecule has 0 aromatic heterocycles. The van der Waals surface area contributed by atoms with E-state index in [1.54, 1.807) is 13.0 Å². The van der Waals surface area contributed by atoms with Crippen LogP contribution in [0.15, 0.2) is 11.6 Å². The summed E-state index contributed by atoms with van der Waals surface area (Å²) in [7, 11) is 0. The van der Waals surface area contributed by atoms with E-state index in [9.17, 15) is 19.8 Å². The normalized spacial score (nSPS) is 39.9. The maximum atomic E-state index is 12.5. The first-order chi connectivity index (χ1) is 12.6. The van der Waals surface area contributed by atoms with E-state index in [-0.39, 0.29) is 18.0 Å². The van der Waals surface area contributed by atoms with Crippen LogP contribution in [0, 0.1) is 16.7 Å². The van der Waals surface area contributed by atoms with Gasteiger partial charge in [0, 0.05) is 23.3 Å². The number of fused-ring (bicyclic) bond motifs is 3. The molecule has 1 saturated heterocycles. The third-order valence-corrected chi connectivity index (χ3v) is 7.09. The SMILES string of the molecule is CCCCCC(=O)O[C@@H]1C=C2COC(=O)[C@]2(O)[C@@]2(C)[C@H](O)CCC(C)(C)[C@H]12. The number of aliphatic hydroxyl groups is 2. The Morgan fingerprint density at radius 3 is 2.70 bits per heavy atom. The van der Waals surface area contributed by atoms with Crippen molar-refractivity contribution in [3.63, 3.8) is 0 Å². The van der Waals surface area contributed by atoms with Crippen LogP contribution >= 0.6 is 0 Å². The molecular formula is C21H32O6. The quantitative estimate of drug-likeness (QED) is 0.432. The third kappa shape index (κ3) is 2.92. The predicted molar refractivity (Wildman–Crippen MR) is 98.6 cm³/mol. The van der Waals surface area contributed by atoms with Crippen molar-refractivity contribution in [2.24, 2.45) is 16.7 Å². The Hall–Kier alpha value is -1.40. The molecule has 0 spiro atoms. The highest BCUT2D eigenvalue weighted by Crippen LogP contribution is 2.63. The lowest BCUT2D eigenvalue weighted by atomic mass is 9.45. The van der Waals surface area contributed by atoms with E-state index < -0.39 is 35.1 Å². The second kappa shape index (κ2) is 6.89. The molecule has 2 N–H and O–H groups in total. The highest BCUT2D eigenvalue weighted by molar-refractivity contribution is 5.88. The van der Waals surface area contributed by atoms with Gasteiger partial charge >= 0.3 is 11.9 Å². The van der Waals surface area contributed by atoms with E-state index in [1.807, 2.05) is 13.8 Å². The Balaban J connectivity index is 2.00. The second-order valence-corrected chi connectivity index (χ2v) is 9.19. The minimum atomic E-state index is -1.88. The first-order valence-corrected chi connectivity index (χ1v) is 10.1. The summed E-state index contributed by atoms with van der Waals surface area (Å²) in [5.74, 6) is -1.40. The smallest absolute Gasteiger partial charge is 0.343 e. The van der Waals surface area contributed by atoms with E-state index in [0.717, 1.165) is 19.3 Å². The Bertz CT molecular complexity index is 653. The monoisotopic (exact) mass is 380 g/mol. The minimum absolute atomic E-state index is 0.0331. The lowest BCUT2D eigenvalue weighted by Gasteiger charge is -2.60. The van der Waals surface area contributed by atoms with Crippen molar-refractivity contribution in [1.82, 2.24) is 0 Å². The molecule has 0 aromatic carbocycles. The molecule has 1 heterocycles. The van der Waals surface area contributed by atoms with Crippen LogP contribution in [0.25, 0.3) is 0 Å². The molecule has 6 heteroatoms. The lowest BCUT2D eigenvalue weighted by Crippen LogP contribution is -2.69. The summed E-state index contributed by atoms with van der Waals surface area (Å²) in [5.41, 5.74) is -2.99. The summed E-state index contributed by atoms with van der Waals surface area (Å²) < 4.78 is 11.0. The average molecular weight is 380 g/mol. The van der Waals surface area contributed by atoms with E-state index in [0.29, 0.717) is 24.8 Å². The molecule has 2 aliphatic carbocycles. The first kappa shape index (κ1) is 20.3.